The van der Waals surface area contributed by atoms with Gasteiger partial charge in [0, 0.05) is 12.0 Å². The zero-order valence-electron chi connectivity index (χ0n) is 21.2. The molecule has 0 bridgehead atoms. The Labute approximate surface area is 220 Å². The fourth-order valence-electron chi connectivity index (χ4n) is 4.45. The van der Waals surface area contributed by atoms with E-state index in [2.05, 4.69) is 10.5 Å². The smallest absolute Gasteiger partial charge is 0.411 e. The molecule has 0 atom stereocenters. The third-order valence-corrected chi connectivity index (χ3v) is 6.95. The highest BCUT2D eigenvalue weighted by atomic mass is 16.5. The van der Waals surface area contributed by atoms with Crippen LogP contribution in [-0.4, -0.2) is 36.0 Å². The SMILES string of the molecule is COc1ccc(CCOC(=O)Nc2c(C)noc2-c2ccc(-c3ccc(C4(C(=O)O)CC4)cc3)cc2)cc1. The number of anilines is 1. The van der Waals surface area contributed by atoms with Crippen LogP contribution in [0.4, 0.5) is 10.5 Å². The number of nitrogens with zero attached hydrogens (tertiary/aromatic N) is 1. The molecule has 4 aromatic rings. The number of carbonyl (C=O) groups is 2. The first-order valence-corrected chi connectivity index (χ1v) is 12.4. The molecule has 1 aromatic heterocycles. The molecule has 8 heteroatoms. The number of ether oxygens (including phenoxy) is 2. The van der Waals surface area contributed by atoms with Crippen LogP contribution in [0.25, 0.3) is 22.5 Å². The van der Waals surface area contributed by atoms with Crippen molar-refractivity contribution in [2.24, 2.45) is 0 Å². The van der Waals surface area contributed by atoms with Crippen LogP contribution in [0.3, 0.4) is 0 Å². The second kappa shape index (κ2) is 10.4. The Kier molecular flexibility index (Phi) is 6.87. The molecule has 1 amide bonds. The number of amides is 1. The molecule has 38 heavy (non-hydrogen) atoms. The van der Waals surface area contributed by atoms with Crippen molar-refractivity contribution in [2.75, 3.05) is 19.0 Å². The van der Waals surface area contributed by atoms with Crippen LogP contribution < -0.4 is 10.1 Å². The minimum atomic E-state index is -0.762. The molecule has 8 nitrogen and oxygen atoms in total. The summed E-state index contributed by atoms with van der Waals surface area (Å²) in [7, 11) is 1.62. The summed E-state index contributed by atoms with van der Waals surface area (Å²) in [5.74, 6) is 0.451. The van der Waals surface area contributed by atoms with E-state index < -0.39 is 17.5 Å². The number of aliphatic carboxylic acids is 1. The van der Waals surface area contributed by atoms with E-state index in [4.69, 9.17) is 14.0 Å². The molecule has 0 radical (unpaired) electrons. The Morgan fingerprint density at radius 1 is 0.947 bits per heavy atom. The van der Waals surface area contributed by atoms with Crippen molar-refractivity contribution in [1.82, 2.24) is 5.16 Å². The molecule has 3 aromatic carbocycles. The van der Waals surface area contributed by atoms with Crippen LogP contribution in [0.1, 0.15) is 29.7 Å². The largest absolute Gasteiger partial charge is 0.497 e. The number of carbonyl (C=O) groups excluding carboxylic acids is 1. The van der Waals surface area contributed by atoms with Gasteiger partial charge in [-0.25, -0.2) is 4.79 Å². The Morgan fingerprint density at radius 3 is 2.13 bits per heavy atom. The highest BCUT2D eigenvalue weighted by Gasteiger charge is 2.51. The summed E-state index contributed by atoms with van der Waals surface area (Å²) < 4.78 is 16.0. The van der Waals surface area contributed by atoms with E-state index in [1.807, 2.05) is 72.8 Å². The second-order valence-corrected chi connectivity index (χ2v) is 9.37. The first kappa shape index (κ1) is 25.1. The standard InChI is InChI=1S/C30H28N2O6/c1-19-26(31-29(35)37-18-15-20-3-13-25(36-2)14-4-20)27(38-32-19)23-7-5-21(6-8-23)22-9-11-24(12-10-22)30(16-17-30)28(33)34/h3-14H,15-18H2,1-2H3,(H,31,35)(H,33,34). The normalized spacial score (nSPS) is 13.5. The number of methoxy groups -OCH3 is 1. The van der Waals surface area contributed by atoms with Crippen LogP contribution in [0, 0.1) is 6.92 Å². The highest BCUT2D eigenvalue weighted by Crippen LogP contribution is 2.48. The molecule has 1 aliphatic rings. The van der Waals surface area contributed by atoms with Crippen molar-refractivity contribution < 1.29 is 28.7 Å². The van der Waals surface area contributed by atoms with Gasteiger partial charge >= 0.3 is 12.1 Å². The molecular weight excluding hydrogens is 484 g/mol. The van der Waals surface area contributed by atoms with Gasteiger partial charge in [0.15, 0.2) is 5.76 Å². The third-order valence-electron chi connectivity index (χ3n) is 6.95. The van der Waals surface area contributed by atoms with E-state index in [1.54, 1.807) is 14.0 Å². The number of carboxylic acid groups (broad SMARTS) is 1. The molecule has 1 heterocycles. The summed E-state index contributed by atoms with van der Waals surface area (Å²) >= 11 is 0. The van der Waals surface area contributed by atoms with Gasteiger partial charge in [0.25, 0.3) is 0 Å². The quantitative estimate of drug-likeness (QED) is 0.273. The van der Waals surface area contributed by atoms with Crippen molar-refractivity contribution in [1.29, 1.82) is 0 Å². The van der Waals surface area contributed by atoms with Gasteiger partial charge in [-0.3, -0.25) is 10.1 Å². The molecule has 5 rings (SSSR count). The van der Waals surface area contributed by atoms with Crippen LogP contribution in [0.15, 0.2) is 77.3 Å². The van der Waals surface area contributed by atoms with Crippen molar-refractivity contribution in [3.8, 4) is 28.2 Å². The summed E-state index contributed by atoms with van der Waals surface area (Å²) in [4.78, 5) is 24.0. The van der Waals surface area contributed by atoms with Crippen molar-refractivity contribution in [3.05, 3.63) is 89.6 Å². The number of carboxylic acids is 1. The molecule has 194 valence electrons. The van der Waals surface area contributed by atoms with Gasteiger partial charge in [0.2, 0.25) is 0 Å². The predicted octanol–water partition coefficient (Wildman–Crippen LogP) is 6.23. The summed E-state index contributed by atoms with van der Waals surface area (Å²) in [6.07, 6.45) is 1.35. The minimum Gasteiger partial charge on any atom is -0.497 e. The molecule has 1 saturated carbocycles. The lowest BCUT2D eigenvalue weighted by atomic mass is 9.93. The van der Waals surface area contributed by atoms with Crippen LogP contribution in [0.2, 0.25) is 0 Å². The first-order valence-electron chi connectivity index (χ1n) is 12.4. The van der Waals surface area contributed by atoms with E-state index in [0.29, 0.717) is 36.4 Å². The van der Waals surface area contributed by atoms with Crippen molar-refractivity contribution >= 4 is 17.7 Å². The molecule has 1 aliphatic carbocycles. The number of aromatic nitrogens is 1. The maximum absolute atomic E-state index is 12.5. The summed E-state index contributed by atoms with van der Waals surface area (Å²) in [6.45, 7) is 1.97. The second-order valence-electron chi connectivity index (χ2n) is 9.37. The zero-order chi connectivity index (χ0) is 26.7. The van der Waals surface area contributed by atoms with E-state index in [9.17, 15) is 14.7 Å². The first-order chi connectivity index (χ1) is 18.4. The van der Waals surface area contributed by atoms with Crippen LogP contribution in [0.5, 0.6) is 5.75 Å². The number of nitrogens with one attached hydrogen (secondary N) is 1. The molecule has 1 fully saturated rings. The van der Waals surface area contributed by atoms with E-state index in [0.717, 1.165) is 33.6 Å². The fourth-order valence-corrected chi connectivity index (χ4v) is 4.45. The van der Waals surface area contributed by atoms with E-state index >= 15 is 0 Å². The Balaban J connectivity index is 1.22. The lowest BCUT2D eigenvalue weighted by molar-refractivity contribution is -0.140. The van der Waals surface area contributed by atoms with E-state index in [1.165, 1.54) is 0 Å². The number of rotatable bonds is 9. The maximum atomic E-state index is 12.5. The van der Waals surface area contributed by atoms with Gasteiger partial charge in [0.05, 0.1) is 19.1 Å². The zero-order valence-corrected chi connectivity index (χ0v) is 21.2. The van der Waals surface area contributed by atoms with E-state index in [-0.39, 0.29) is 6.61 Å². The number of aryl methyl sites for hydroxylation is 1. The molecule has 0 saturated heterocycles. The maximum Gasteiger partial charge on any atom is 0.411 e. The van der Waals surface area contributed by atoms with Gasteiger partial charge in [-0.15, -0.1) is 0 Å². The molecule has 0 unspecified atom stereocenters. The third kappa shape index (κ3) is 5.11. The van der Waals surface area contributed by atoms with Gasteiger partial charge in [-0.2, -0.15) is 0 Å². The topological polar surface area (TPSA) is 111 Å². The Bertz CT molecular complexity index is 1440. The van der Waals surface area contributed by atoms with Gasteiger partial charge < -0.3 is 19.1 Å². The molecular formula is C30H28N2O6. The Hall–Kier alpha value is -4.59. The van der Waals surface area contributed by atoms with Gasteiger partial charge in [-0.05, 0) is 54.2 Å². The summed E-state index contributed by atoms with van der Waals surface area (Å²) in [6, 6.07) is 23.0. The van der Waals surface area contributed by atoms with Crippen LogP contribution >= 0.6 is 0 Å². The van der Waals surface area contributed by atoms with Gasteiger partial charge in [-0.1, -0.05) is 65.8 Å². The number of hydrogen-bond donors (Lipinski definition) is 2. The molecule has 0 spiro atoms. The lowest BCUT2D eigenvalue weighted by Crippen LogP contribution is -2.19. The molecule has 0 aliphatic heterocycles. The Morgan fingerprint density at radius 2 is 1.55 bits per heavy atom. The average molecular weight is 513 g/mol. The highest BCUT2D eigenvalue weighted by molar-refractivity contribution is 5.91. The van der Waals surface area contributed by atoms with Crippen molar-refractivity contribution in [2.45, 2.75) is 31.6 Å². The number of hydrogen-bond acceptors (Lipinski definition) is 6. The monoisotopic (exact) mass is 512 g/mol. The van der Waals surface area contributed by atoms with Crippen molar-refractivity contribution in [3.63, 3.8) is 0 Å². The predicted molar refractivity (Wildman–Crippen MR) is 142 cm³/mol. The van der Waals surface area contributed by atoms with Crippen LogP contribution in [-0.2, 0) is 21.4 Å². The lowest BCUT2D eigenvalue weighted by Gasteiger charge is -2.11. The average Bonchev–Trinajstić information content (AvgIpc) is 3.69. The summed E-state index contributed by atoms with van der Waals surface area (Å²) in [5, 5.41) is 16.3. The minimum absolute atomic E-state index is 0.221. The summed E-state index contributed by atoms with van der Waals surface area (Å²) in [5.41, 5.74) is 4.87. The molecule has 2 N–H and O–H groups in total. The van der Waals surface area contributed by atoms with Gasteiger partial charge in [0.1, 0.15) is 17.1 Å². The fraction of sp³-hybridized carbons (Fsp3) is 0.233. The number of benzene rings is 3.